The molecule has 0 fully saturated rings. The van der Waals surface area contributed by atoms with E-state index < -0.39 is 6.16 Å². The molecule has 3 heteroatoms. The third-order valence-electron chi connectivity index (χ3n) is 1.96. The second-order valence-corrected chi connectivity index (χ2v) is 3.00. The third kappa shape index (κ3) is 3.46. The molecule has 0 saturated heterocycles. The maximum absolute atomic E-state index is 11.0. The van der Waals surface area contributed by atoms with Gasteiger partial charge in [0, 0.05) is 6.42 Å². The number of carbonyl (C=O) groups excluding carboxylic acids is 1. The van der Waals surface area contributed by atoms with Gasteiger partial charge in [-0.15, -0.1) is 6.58 Å². The summed E-state index contributed by atoms with van der Waals surface area (Å²) in [6, 6.07) is 9.50. The van der Waals surface area contributed by atoms with Crippen LogP contribution in [0.15, 0.2) is 43.0 Å². The van der Waals surface area contributed by atoms with Gasteiger partial charge in [0.05, 0.1) is 7.11 Å². The smallest absolute Gasteiger partial charge is 0.438 e. The fraction of sp³-hybridized carbons (Fsp3) is 0.250. The van der Waals surface area contributed by atoms with Crippen molar-refractivity contribution in [2.24, 2.45) is 0 Å². The molecule has 1 unspecified atom stereocenters. The quantitative estimate of drug-likeness (QED) is 0.561. The summed E-state index contributed by atoms with van der Waals surface area (Å²) in [6.45, 7) is 3.63. The fourth-order valence-corrected chi connectivity index (χ4v) is 1.24. The van der Waals surface area contributed by atoms with Crippen LogP contribution in [0.4, 0.5) is 4.79 Å². The highest BCUT2D eigenvalue weighted by molar-refractivity contribution is 5.60. The number of methoxy groups -OCH3 is 1. The lowest BCUT2D eigenvalue weighted by atomic mass is 10.1. The van der Waals surface area contributed by atoms with Crippen LogP contribution < -0.4 is 0 Å². The number of hydrogen-bond acceptors (Lipinski definition) is 3. The van der Waals surface area contributed by atoms with Gasteiger partial charge in [0.25, 0.3) is 0 Å². The summed E-state index contributed by atoms with van der Waals surface area (Å²) in [5.41, 5.74) is 0.933. The summed E-state index contributed by atoms with van der Waals surface area (Å²) >= 11 is 0. The van der Waals surface area contributed by atoms with E-state index in [4.69, 9.17) is 4.74 Å². The first kappa shape index (κ1) is 11.3. The Bertz CT molecular complexity index is 319. The first-order chi connectivity index (χ1) is 7.27. The van der Waals surface area contributed by atoms with Crippen LogP contribution in [0.2, 0.25) is 0 Å². The minimum Gasteiger partial charge on any atom is -0.438 e. The Morgan fingerprint density at radius 2 is 2.13 bits per heavy atom. The molecule has 0 N–H and O–H groups in total. The van der Waals surface area contributed by atoms with Crippen molar-refractivity contribution in [3.8, 4) is 0 Å². The molecule has 1 rings (SSSR count). The maximum Gasteiger partial charge on any atom is 0.508 e. The van der Waals surface area contributed by atoms with Crippen LogP contribution in [0.3, 0.4) is 0 Å². The van der Waals surface area contributed by atoms with E-state index in [0.29, 0.717) is 6.42 Å². The van der Waals surface area contributed by atoms with Crippen LogP contribution in [0, 0.1) is 0 Å². The van der Waals surface area contributed by atoms with Crippen molar-refractivity contribution in [3.63, 3.8) is 0 Å². The Hall–Kier alpha value is -1.77. The Morgan fingerprint density at radius 3 is 2.67 bits per heavy atom. The zero-order chi connectivity index (χ0) is 11.1. The van der Waals surface area contributed by atoms with E-state index >= 15 is 0 Å². The van der Waals surface area contributed by atoms with Crippen LogP contribution in [0.5, 0.6) is 0 Å². The van der Waals surface area contributed by atoms with E-state index in [0.717, 1.165) is 5.56 Å². The van der Waals surface area contributed by atoms with Crippen LogP contribution in [-0.4, -0.2) is 13.3 Å². The van der Waals surface area contributed by atoms with E-state index in [-0.39, 0.29) is 6.10 Å². The van der Waals surface area contributed by atoms with Crippen molar-refractivity contribution in [1.82, 2.24) is 0 Å². The molecular formula is C12H14O3. The van der Waals surface area contributed by atoms with Crippen LogP contribution in [0.25, 0.3) is 0 Å². The number of rotatable bonds is 4. The van der Waals surface area contributed by atoms with Crippen molar-refractivity contribution < 1.29 is 14.3 Å². The Balaban J connectivity index is 2.74. The van der Waals surface area contributed by atoms with Gasteiger partial charge in [-0.1, -0.05) is 36.4 Å². The number of hydrogen-bond donors (Lipinski definition) is 0. The summed E-state index contributed by atoms with van der Waals surface area (Å²) < 4.78 is 9.55. The molecule has 0 bridgehead atoms. The molecule has 1 aromatic carbocycles. The average Bonchev–Trinajstić information content (AvgIpc) is 2.29. The second kappa shape index (κ2) is 5.86. The third-order valence-corrected chi connectivity index (χ3v) is 1.96. The van der Waals surface area contributed by atoms with Gasteiger partial charge in [-0.05, 0) is 5.56 Å². The topological polar surface area (TPSA) is 35.5 Å². The largest absolute Gasteiger partial charge is 0.508 e. The normalized spacial score (nSPS) is 11.5. The first-order valence-electron chi connectivity index (χ1n) is 4.68. The summed E-state index contributed by atoms with van der Waals surface area (Å²) in [5, 5.41) is 0. The minimum absolute atomic E-state index is 0.323. The SMILES string of the molecule is C=CCC(OC(=O)OC)c1ccccc1. The maximum atomic E-state index is 11.0. The van der Waals surface area contributed by atoms with E-state index in [1.54, 1.807) is 6.08 Å². The van der Waals surface area contributed by atoms with E-state index in [1.165, 1.54) is 7.11 Å². The molecule has 80 valence electrons. The summed E-state index contributed by atoms with van der Waals surface area (Å²) in [4.78, 5) is 11.0. The first-order valence-corrected chi connectivity index (χ1v) is 4.68. The molecule has 0 saturated carbocycles. The van der Waals surface area contributed by atoms with E-state index in [2.05, 4.69) is 11.3 Å². The van der Waals surface area contributed by atoms with Gasteiger partial charge in [-0.25, -0.2) is 4.79 Å². The monoisotopic (exact) mass is 206 g/mol. The van der Waals surface area contributed by atoms with Crippen molar-refractivity contribution in [2.75, 3.05) is 7.11 Å². The van der Waals surface area contributed by atoms with Gasteiger partial charge in [0.2, 0.25) is 0 Å². The highest BCUT2D eigenvalue weighted by atomic mass is 16.7. The van der Waals surface area contributed by atoms with Gasteiger partial charge in [-0.2, -0.15) is 0 Å². The highest BCUT2D eigenvalue weighted by Crippen LogP contribution is 2.21. The van der Waals surface area contributed by atoms with Crippen molar-refractivity contribution in [2.45, 2.75) is 12.5 Å². The lowest BCUT2D eigenvalue weighted by Crippen LogP contribution is -2.10. The van der Waals surface area contributed by atoms with Crippen molar-refractivity contribution in [3.05, 3.63) is 48.6 Å². The molecule has 0 radical (unpaired) electrons. The molecule has 1 aromatic rings. The van der Waals surface area contributed by atoms with Gasteiger partial charge >= 0.3 is 6.16 Å². The zero-order valence-electron chi connectivity index (χ0n) is 8.68. The Kier molecular flexibility index (Phi) is 4.41. The molecule has 15 heavy (non-hydrogen) atoms. The van der Waals surface area contributed by atoms with Crippen molar-refractivity contribution in [1.29, 1.82) is 0 Å². The number of ether oxygens (including phenoxy) is 2. The molecule has 0 amide bonds. The van der Waals surface area contributed by atoms with Gasteiger partial charge in [0.15, 0.2) is 0 Å². The van der Waals surface area contributed by atoms with E-state index in [1.807, 2.05) is 30.3 Å². The molecular weight excluding hydrogens is 192 g/mol. The predicted molar refractivity (Wildman–Crippen MR) is 57.5 cm³/mol. The summed E-state index contributed by atoms with van der Waals surface area (Å²) in [6.07, 6.45) is 1.28. The molecule has 0 aliphatic rings. The van der Waals surface area contributed by atoms with Crippen LogP contribution in [0.1, 0.15) is 18.1 Å². The Morgan fingerprint density at radius 1 is 1.47 bits per heavy atom. The highest BCUT2D eigenvalue weighted by Gasteiger charge is 2.14. The van der Waals surface area contributed by atoms with Gasteiger partial charge in [-0.3, -0.25) is 0 Å². The number of benzene rings is 1. The lowest BCUT2D eigenvalue weighted by molar-refractivity contribution is 0.0374. The average molecular weight is 206 g/mol. The van der Waals surface area contributed by atoms with Gasteiger partial charge < -0.3 is 9.47 Å². The molecule has 1 atom stereocenters. The summed E-state index contributed by atoms with van der Waals surface area (Å²) in [5.74, 6) is 0. The Labute approximate surface area is 89.3 Å². The van der Waals surface area contributed by atoms with Crippen LogP contribution >= 0.6 is 0 Å². The zero-order valence-corrected chi connectivity index (χ0v) is 8.68. The van der Waals surface area contributed by atoms with E-state index in [9.17, 15) is 4.79 Å². The molecule has 0 aromatic heterocycles. The molecule has 0 heterocycles. The molecule has 3 nitrogen and oxygen atoms in total. The van der Waals surface area contributed by atoms with Crippen LogP contribution in [-0.2, 0) is 9.47 Å². The number of carbonyl (C=O) groups is 1. The van der Waals surface area contributed by atoms with Crippen molar-refractivity contribution >= 4 is 6.16 Å². The fourth-order valence-electron chi connectivity index (χ4n) is 1.24. The van der Waals surface area contributed by atoms with Gasteiger partial charge in [0.1, 0.15) is 6.10 Å². The minimum atomic E-state index is -0.675. The standard InChI is InChI=1S/C12H14O3/c1-3-7-11(15-12(13)14-2)10-8-5-4-6-9-10/h3-6,8-9,11H,1,7H2,2H3. The lowest BCUT2D eigenvalue weighted by Gasteiger charge is -2.15. The molecule has 0 aliphatic heterocycles. The second-order valence-electron chi connectivity index (χ2n) is 3.00. The predicted octanol–water partition coefficient (Wildman–Crippen LogP) is 3.09. The summed E-state index contributed by atoms with van der Waals surface area (Å²) in [7, 11) is 1.29. The molecule has 0 aliphatic carbocycles. The molecule has 0 spiro atoms.